The largest absolute Gasteiger partial charge is 0.492 e. The highest BCUT2D eigenvalue weighted by molar-refractivity contribution is 6.31. The zero-order chi connectivity index (χ0) is 23.8. The Kier molecular flexibility index (Phi) is 6.05. The maximum atomic E-state index is 13.1. The zero-order valence-corrected chi connectivity index (χ0v) is 20.5. The molecule has 4 aromatic rings. The third kappa shape index (κ3) is 4.16. The monoisotopic (exact) mass is 473 g/mol. The number of rotatable bonds is 6. The summed E-state index contributed by atoms with van der Waals surface area (Å²) < 4.78 is 8.25. The van der Waals surface area contributed by atoms with Gasteiger partial charge >= 0.3 is 0 Å². The number of imidazole rings is 1. The summed E-state index contributed by atoms with van der Waals surface area (Å²) in [5.74, 6) is 1.91. The fourth-order valence-electron chi connectivity index (χ4n) is 4.93. The molecule has 1 aliphatic heterocycles. The first-order chi connectivity index (χ1) is 16.4. The van der Waals surface area contributed by atoms with E-state index in [0.29, 0.717) is 26.1 Å². The Morgan fingerprint density at radius 2 is 1.76 bits per heavy atom. The Morgan fingerprint density at radius 1 is 1.00 bits per heavy atom. The summed E-state index contributed by atoms with van der Waals surface area (Å²) in [7, 11) is 0. The normalized spacial score (nSPS) is 15.9. The molecular formula is C28H28ClN3O2. The number of carbonyl (C=O) groups is 1. The number of amides is 1. The third-order valence-electron chi connectivity index (χ3n) is 6.60. The van der Waals surface area contributed by atoms with E-state index in [4.69, 9.17) is 21.3 Å². The van der Waals surface area contributed by atoms with Crippen LogP contribution in [0.2, 0.25) is 5.02 Å². The molecule has 1 aromatic heterocycles. The van der Waals surface area contributed by atoms with Gasteiger partial charge < -0.3 is 14.2 Å². The predicted octanol–water partition coefficient (Wildman–Crippen LogP) is 6.21. The second-order valence-electron chi connectivity index (χ2n) is 9.02. The molecule has 1 fully saturated rings. The van der Waals surface area contributed by atoms with Crippen LogP contribution in [-0.2, 0) is 11.3 Å². The average molecular weight is 474 g/mol. The minimum absolute atomic E-state index is 0.0247. The minimum Gasteiger partial charge on any atom is -0.492 e. The molecule has 0 spiro atoms. The van der Waals surface area contributed by atoms with Crippen LogP contribution in [0.4, 0.5) is 5.69 Å². The van der Waals surface area contributed by atoms with E-state index in [-0.39, 0.29) is 11.8 Å². The highest BCUT2D eigenvalue weighted by atomic mass is 35.5. The molecule has 0 bridgehead atoms. The number of halogens is 1. The molecule has 1 unspecified atom stereocenters. The Labute approximate surface area is 204 Å². The van der Waals surface area contributed by atoms with Crippen LogP contribution in [0.25, 0.3) is 11.0 Å². The molecule has 0 N–H and O–H groups in total. The lowest BCUT2D eigenvalue weighted by Gasteiger charge is -2.21. The van der Waals surface area contributed by atoms with Crippen molar-refractivity contribution in [3.05, 3.63) is 88.2 Å². The van der Waals surface area contributed by atoms with Gasteiger partial charge in [-0.3, -0.25) is 4.79 Å². The number of fused-ring (bicyclic) bond motifs is 1. The molecule has 1 atom stereocenters. The van der Waals surface area contributed by atoms with Crippen molar-refractivity contribution in [1.29, 1.82) is 0 Å². The van der Waals surface area contributed by atoms with Crippen molar-refractivity contribution in [2.75, 3.05) is 18.1 Å². The maximum absolute atomic E-state index is 13.1. The van der Waals surface area contributed by atoms with Gasteiger partial charge in [0.05, 0.1) is 17.6 Å². The van der Waals surface area contributed by atoms with Crippen LogP contribution in [0, 0.1) is 20.8 Å². The Morgan fingerprint density at radius 3 is 2.53 bits per heavy atom. The SMILES string of the molecule is Cc1cc(OCCn2c(C3CC(=O)N(c4c(C)cccc4C)C3)nc3ccccc32)ccc1Cl. The van der Waals surface area contributed by atoms with Gasteiger partial charge in [0.15, 0.2) is 0 Å². The lowest BCUT2D eigenvalue weighted by atomic mass is 10.1. The maximum Gasteiger partial charge on any atom is 0.227 e. The summed E-state index contributed by atoms with van der Waals surface area (Å²) >= 11 is 6.14. The Balaban J connectivity index is 1.42. The summed E-state index contributed by atoms with van der Waals surface area (Å²) in [6.45, 7) is 7.87. The van der Waals surface area contributed by atoms with Crippen LogP contribution in [0.1, 0.15) is 34.9 Å². The molecule has 5 nitrogen and oxygen atoms in total. The molecular weight excluding hydrogens is 446 g/mol. The summed E-state index contributed by atoms with van der Waals surface area (Å²) in [5, 5.41) is 0.731. The van der Waals surface area contributed by atoms with Crippen LogP contribution in [0.5, 0.6) is 5.75 Å². The molecule has 34 heavy (non-hydrogen) atoms. The molecule has 5 rings (SSSR count). The average Bonchev–Trinajstić information content (AvgIpc) is 3.37. The molecule has 1 amide bonds. The van der Waals surface area contributed by atoms with Gasteiger partial charge in [0.2, 0.25) is 5.91 Å². The zero-order valence-electron chi connectivity index (χ0n) is 19.7. The summed E-state index contributed by atoms with van der Waals surface area (Å²) in [6, 6.07) is 20.0. The van der Waals surface area contributed by atoms with E-state index in [1.807, 2.05) is 54.3 Å². The van der Waals surface area contributed by atoms with E-state index < -0.39 is 0 Å². The second-order valence-corrected chi connectivity index (χ2v) is 9.42. The van der Waals surface area contributed by atoms with Crippen molar-refractivity contribution >= 4 is 34.2 Å². The molecule has 0 aliphatic carbocycles. The lowest BCUT2D eigenvalue weighted by molar-refractivity contribution is -0.117. The van der Waals surface area contributed by atoms with Crippen molar-refractivity contribution in [3.63, 3.8) is 0 Å². The predicted molar refractivity (Wildman–Crippen MR) is 137 cm³/mol. The number of nitrogens with zero attached hydrogens (tertiary/aromatic N) is 3. The topological polar surface area (TPSA) is 47.4 Å². The Hall–Kier alpha value is -3.31. The lowest BCUT2D eigenvalue weighted by Crippen LogP contribution is -2.26. The number of aryl methyl sites for hydroxylation is 3. The van der Waals surface area contributed by atoms with Crippen LogP contribution < -0.4 is 9.64 Å². The van der Waals surface area contributed by atoms with E-state index in [2.05, 4.69) is 36.6 Å². The van der Waals surface area contributed by atoms with Gasteiger partial charge in [-0.1, -0.05) is 41.9 Å². The van der Waals surface area contributed by atoms with Crippen LogP contribution in [-0.4, -0.2) is 28.6 Å². The van der Waals surface area contributed by atoms with Crippen LogP contribution >= 0.6 is 11.6 Å². The van der Waals surface area contributed by atoms with E-state index in [1.54, 1.807) is 0 Å². The fraction of sp³-hybridized carbons (Fsp3) is 0.286. The highest BCUT2D eigenvalue weighted by Crippen LogP contribution is 2.36. The van der Waals surface area contributed by atoms with Crippen molar-refractivity contribution in [2.24, 2.45) is 0 Å². The van der Waals surface area contributed by atoms with Gasteiger partial charge in [-0.2, -0.15) is 0 Å². The number of hydrogen-bond donors (Lipinski definition) is 0. The number of carbonyl (C=O) groups excluding carboxylic acids is 1. The number of ether oxygens (including phenoxy) is 1. The summed E-state index contributed by atoms with van der Waals surface area (Å²) in [5.41, 5.74) is 6.26. The van der Waals surface area contributed by atoms with Crippen molar-refractivity contribution in [1.82, 2.24) is 9.55 Å². The number of benzene rings is 3. The third-order valence-corrected chi connectivity index (χ3v) is 7.02. The smallest absolute Gasteiger partial charge is 0.227 e. The van der Waals surface area contributed by atoms with E-state index >= 15 is 0 Å². The molecule has 0 radical (unpaired) electrons. The number of hydrogen-bond acceptors (Lipinski definition) is 3. The quantitative estimate of drug-likeness (QED) is 0.334. The van der Waals surface area contributed by atoms with E-state index in [0.717, 1.165) is 50.0 Å². The summed E-state index contributed by atoms with van der Waals surface area (Å²) in [4.78, 5) is 20.0. The molecule has 2 heterocycles. The van der Waals surface area contributed by atoms with Crippen molar-refractivity contribution < 1.29 is 9.53 Å². The van der Waals surface area contributed by atoms with Gasteiger partial charge in [0.1, 0.15) is 18.2 Å². The van der Waals surface area contributed by atoms with Gasteiger partial charge in [0, 0.05) is 29.6 Å². The van der Waals surface area contributed by atoms with Crippen molar-refractivity contribution in [3.8, 4) is 5.75 Å². The molecule has 1 aliphatic rings. The minimum atomic E-state index is 0.0247. The first kappa shape index (κ1) is 22.5. The number of aromatic nitrogens is 2. The van der Waals surface area contributed by atoms with Crippen LogP contribution in [0.15, 0.2) is 60.7 Å². The Bertz CT molecular complexity index is 1360. The van der Waals surface area contributed by atoms with E-state index in [1.165, 1.54) is 0 Å². The molecule has 0 saturated carbocycles. The standard InChI is InChI=1S/C28H28ClN3O2/c1-18-7-6-8-19(2)27(18)32-17-21(16-26(32)33)28-30-24-9-4-5-10-25(24)31(28)13-14-34-22-11-12-23(29)20(3)15-22/h4-12,15,21H,13-14,16-17H2,1-3H3. The van der Waals surface area contributed by atoms with Crippen LogP contribution in [0.3, 0.4) is 0 Å². The molecule has 6 heteroatoms. The van der Waals surface area contributed by atoms with E-state index in [9.17, 15) is 4.79 Å². The fourth-order valence-corrected chi connectivity index (χ4v) is 5.05. The number of para-hydroxylation sites is 3. The van der Waals surface area contributed by atoms with Gasteiger partial charge in [-0.15, -0.1) is 0 Å². The van der Waals surface area contributed by atoms with Crippen molar-refractivity contribution in [2.45, 2.75) is 39.7 Å². The summed E-state index contributed by atoms with van der Waals surface area (Å²) in [6.07, 6.45) is 0.453. The molecule has 3 aromatic carbocycles. The number of anilines is 1. The second kappa shape index (κ2) is 9.15. The molecule has 174 valence electrons. The van der Waals surface area contributed by atoms with Gasteiger partial charge in [-0.05, 0) is 67.8 Å². The first-order valence-electron chi connectivity index (χ1n) is 11.6. The first-order valence-corrected chi connectivity index (χ1v) is 12.0. The molecule has 1 saturated heterocycles. The highest BCUT2D eigenvalue weighted by Gasteiger charge is 2.35. The van der Waals surface area contributed by atoms with Gasteiger partial charge in [0.25, 0.3) is 0 Å². The van der Waals surface area contributed by atoms with Gasteiger partial charge in [-0.25, -0.2) is 4.98 Å².